The molecule has 0 heterocycles. The summed E-state index contributed by atoms with van der Waals surface area (Å²) in [6.07, 6.45) is 0.686. The molecule has 16 heteroatoms. The largest absolute Gasteiger partial charge is 0.494 e. The minimum absolute atomic E-state index is 0.0549. The van der Waals surface area contributed by atoms with Crippen molar-refractivity contribution in [1.29, 1.82) is 0 Å². The number of halogens is 1. The van der Waals surface area contributed by atoms with Crippen molar-refractivity contribution in [3.63, 3.8) is 0 Å². The van der Waals surface area contributed by atoms with Gasteiger partial charge in [-0.2, -0.15) is 0 Å². The van der Waals surface area contributed by atoms with Crippen molar-refractivity contribution in [2.75, 3.05) is 51.2 Å². The average Bonchev–Trinajstić information content (AvgIpc) is 2.89. The molecule has 0 saturated carbocycles. The van der Waals surface area contributed by atoms with Crippen molar-refractivity contribution < 1.29 is 33.6 Å². The lowest BCUT2D eigenvalue weighted by molar-refractivity contribution is -0.393. The SMILES string of the molecule is COCCCN(CCC(=O)OC)c1cc(NC(C)=O)c(N=Nc2c(Cl)cc([N+](=O)[O-])cc2[N+](=O)[O-])cc1OC. The molecule has 0 bridgehead atoms. The summed E-state index contributed by atoms with van der Waals surface area (Å²) in [6.45, 7) is 2.46. The van der Waals surface area contributed by atoms with Crippen LogP contribution in [-0.2, 0) is 19.1 Å². The monoisotopic (exact) mass is 566 g/mol. The van der Waals surface area contributed by atoms with E-state index in [0.717, 1.165) is 12.1 Å². The van der Waals surface area contributed by atoms with Crippen molar-refractivity contribution >= 4 is 57.6 Å². The van der Waals surface area contributed by atoms with Gasteiger partial charge in [-0.05, 0) is 12.5 Å². The maximum absolute atomic E-state index is 12.0. The second-order valence-corrected chi connectivity index (χ2v) is 8.30. The number of nitro benzene ring substituents is 2. The Labute approximate surface area is 228 Å². The van der Waals surface area contributed by atoms with Gasteiger partial charge >= 0.3 is 11.7 Å². The maximum atomic E-state index is 12.0. The zero-order valence-corrected chi connectivity index (χ0v) is 22.4. The highest BCUT2D eigenvalue weighted by Gasteiger charge is 2.24. The molecule has 0 atom stereocenters. The Morgan fingerprint density at radius 2 is 1.77 bits per heavy atom. The van der Waals surface area contributed by atoms with E-state index >= 15 is 0 Å². The Kier molecular flexibility index (Phi) is 11.5. The third kappa shape index (κ3) is 8.58. The summed E-state index contributed by atoms with van der Waals surface area (Å²) in [5.41, 5.74) is -0.981. The van der Waals surface area contributed by atoms with Crippen LogP contribution in [0.3, 0.4) is 0 Å². The number of nitrogens with one attached hydrogen (secondary N) is 1. The molecule has 39 heavy (non-hydrogen) atoms. The molecule has 2 aromatic rings. The van der Waals surface area contributed by atoms with Crippen LogP contribution in [0.4, 0.5) is 34.1 Å². The molecule has 2 aromatic carbocycles. The summed E-state index contributed by atoms with van der Waals surface area (Å²) < 4.78 is 15.4. The summed E-state index contributed by atoms with van der Waals surface area (Å²) in [6, 6.07) is 4.64. The van der Waals surface area contributed by atoms with E-state index in [1.54, 1.807) is 13.2 Å². The van der Waals surface area contributed by atoms with Crippen molar-refractivity contribution in [3.8, 4) is 5.75 Å². The maximum Gasteiger partial charge on any atom is 0.307 e. The van der Waals surface area contributed by atoms with E-state index < -0.39 is 38.8 Å². The van der Waals surface area contributed by atoms with Crippen molar-refractivity contribution in [2.45, 2.75) is 19.8 Å². The minimum atomic E-state index is -0.870. The number of hydrogen-bond acceptors (Lipinski definition) is 12. The first-order chi connectivity index (χ1) is 18.5. The van der Waals surface area contributed by atoms with Gasteiger partial charge in [0.15, 0.2) is 5.69 Å². The third-order valence-electron chi connectivity index (χ3n) is 5.23. The minimum Gasteiger partial charge on any atom is -0.494 e. The van der Waals surface area contributed by atoms with Gasteiger partial charge in [0.05, 0.1) is 53.0 Å². The second kappa shape index (κ2) is 14.5. The number of anilines is 2. The molecule has 210 valence electrons. The standard InChI is InChI=1S/C23H27ClN6O9/c1-14(31)25-17-12-19(28(7-5-9-37-2)8-6-22(32)39-4)21(38-3)13-18(17)26-27-23-16(24)10-15(29(33)34)11-20(23)30(35)36/h10-13H,5-9H2,1-4H3,(H,25,31). The lowest BCUT2D eigenvalue weighted by atomic mass is 10.1. The van der Waals surface area contributed by atoms with E-state index in [1.165, 1.54) is 27.2 Å². The van der Waals surface area contributed by atoms with Crippen LogP contribution >= 0.6 is 11.6 Å². The zero-order chi connectivity index (χ0) is 29.1. The predicted octanol–water partition coefficient (Wildman–Crippen LogP) is 4.94. The second-order valence-electron chi connectivity index (χ2n) is 7.89. The predicted molar refractivity (Wildman–Crippen MR) is 142 cm³/mol. The van der Waals surface area contributed by atoms with E-state index in [-0.39, 0.29) is 29.4 Å². The molecule has 0 aliphatic heterocycles. The van der Waals surface area contributed by atoms with Crippen LogP contribution in [0.1, 0.15) is 19.8 Å². The number of esters is 1. The molecule has 0 fully saturated rings. The van der Waals surface area contributed by atoms with Crippen molar-refractivity contribution in [3.05, 3.63) is 49.5 Å². The fourth-order valence-corrected chi connectivity index (χ4v) is 3.69. The number of amides is 1. The highest BCUT2D eigenvalue weighted by molar-refractivity contribution is 6.33. The van der Waals surface area contributed by atoms with Gasteiger partial charge in [0.1, 0.15) is 11.4 Å². The zero-order valence-electron chi connectivity index (χ0n) is 21.6. The van der Waals surface area contributed by atoms with Crippen LogP contribution in [0.25, 0.3) is 0 Å². The van der Waals surface area contributed by atoms with Gasteiger partial charge in [-0.25, -0.2) is 0 Å². The molecular formula is C23H27ClN6O9. The number of ether oxygens (including phenoxy) is 3. The topological polar surface area (TPSA) is 188 Å². The van der Waals surface area contributed by atoms with Crippen LogP contribution < -0.4 is 15.0 Å². The Morgan fingerprint density at radius 3 is 2.33 bits per heavy atom. The van der Waals surface area contributed by atoms with Crippen molar-refractivity contribution in [2.24, 2.45) is 10.2 Å². The number of methoxy groups -OCH3 is 3. The smallest absolute Gasteiger partial charge is 0.307 e. The van der Waals surface area contributed by atoms with Crippen molar-refractivity contribution in [1.82, 2.24) is 0 Å². The number of benzene rings is 2. The number of carbonyl (C=O) groups excluding carboxylic acids is 2. The van der Waals surface area contributed by atoms with E-state index in [1.807, 2.05) is 4.90 Å². The van der Waals surface area contributed by atoms with Gasteiger partial charge in [-0.15, -0.1) is 10.2 Å². The summed E-state index contributed by atoms with van der Waals surface area (Å²) in [4.78, 5) is 46.5. The molecule has 15 nitrogen and oxygen atoms in total. The highest BCUT2D eigenvalue weighted by Crippen LogP contribution is 2.43. The molecule has 0 aliphatic rings. The molecule has 1 N–H and O–H groups in total. The molecule has 0 saturated heterocycles. The molecule has 0 unspecified atom stereocenters. The normalized spacial score (nSPS) is 10.8. The Balaban J connectivity index is 2.62. The number of rotatable bonds is 14. The summed E-state index contributed by atoms with van der Waals surface area (Å²) in [5.74, 6) is -0.563. The van der Waals surface area contributed by atoms with E-state index in [0.29, 0.717) is 31.0 Å². The van der Waals surface area contributed by atoms with Gasteiger partial charge < -0.3 is 24.4 Å². The third-order valence-corrected chi connectivity index (χ3v) is 5.52. The first-order valence-electron chi connectivity index (χ1n) is 11.4. The Morgan fingerprint density at radius 1 is 1.05 bits per heavy atom. The number of carbonyl (C=O) groups is 2. The number of azo groups is 1. The molecule has 0 radical (unpaired) electrons. The first kappa shape index (κ1) is 30.9. The van der Waals surface area contributed by atoms with Crippen LogP contribution in [0.5, 0.6) is 5.75 Å². The van der Waals surface area contributed by atoms with E-state index in [9.17, 15) is 29.8 Å². The Hall–Kier alpha value is -4.37. The number of nitrogens with zero attached hydrogens (tertiary/aromatic N) is 5. The fourth-order valence-electron chi connectivity index (χ4n) is 3.44. The summed E-state index contributed by atoms with van der Waals surface area (Å²) in [7, 11) is 4.26. The highest BCUT2D eigenvalue weighted by atomic mass is 35.5. The van der Waals surface area contributed by atoms with Crippen LogP contribution in [0.15, 0.2) is 34.5 Å². The molecule has 2 rings (SSSR count). The lowest BCUT2D eigenvalue weighted by Crippen LogP contribution is -2.29. The molecule has 0 aliphatic carbocycles. The van der Waals surface area contributed by atoms with E-state index in [4.69, 9.17) is 25.8 Å². The number of non-ortho nitro benzene ring substituents is 1. The van der Waals surface area contributed by atoms with Crippen LogP contribution in [0, 0.1) is 20.2 Å². The van der Waals surface area contributed by atoms with Gasteiger partial charge in [0.25, 0.3) is 5.69 Å². The molecule has 0 spiro atoms. The van der Waals surface area contributed by atoms with Gasteiger partial charge in [0, 0.05) is 45.9 Å². The summed E-state index contributed by atoms with van der Waals surface area (Å²) >= 11 is 6.06. The quantitative estimate of drug-likeness (QED) is 0.108. The fraction of sp³-hybridized carbons (Fsp3) is 0.391. The van der Waals surface area contributed by atoms with Gasteiger partial charge in [-0.1, -0.05) is 11.6 Å². The lowest BCUT2D eigenvalue weighted by Gasteiger charge is -2.27. The number of hydrogen-bond donors (Lipinski definition) is 1. The van der Waals surface area contributed by atoms with Gasteiger partial charge in [0.2, 0.25) is 5.91 Å². The van der Waals surface area contributed by atoms with Crippen LogP contribution in [0.2, 0.25) is 5.02 Å². The Bertz CT molecular complexity index is 1270. The summed E-state index contributed by atoms with van der Waals surface area (Å²) in [5, 5.41) is 32.8. The molecular weight excluding hydrogens is 540 g/mol. The van der Waals surface area contributed by atoms with E-state index in [2.05, 4.69) is 15.5 Å². The molecule has 0 aromatic heterocycles. The molecule has 1 amide bonds. The number of nitro groups is 2. The first-order valence-corrected chi connectivity index (χ1v) is 11.7. The van der Waals surface area contributed by atoms with Gasteiger partial charge in [-0.3, -0.25) is 29.8 Å². The van der Waals surface area contributed by atoms with Crippen LogP contribution in [-0.4, -0.2) is 62.7 Å². The average molecular weight is 567 g/mol.